The third-order valence-electron chi connectivity index (χ3n) is 5.77. The van der Waals surface area contributed by atoms with E-state index in [2.05, 4.69) is 25.8 Å². The maximum absolute atomic E-state index is 12.9. The van der Waals surface area contributed by atoms with Gasteiger partial charge >= 0.3 is 0 Å². The van der Waals surface area contributed by atoms with Gasteiger partial charge in [-0.15, -0.1) is 0 Å². The lowest BCUT2D eigenvalue weighted by atomic mass is 10.1. The number of morpholine rings is 1. The highest BCUT2D eigenvalue weighted by atomic mass is 79.9. The van der Waals surface area contributed by atoms with E-state index in [1.54, 1.807) is 7.11 Å². The summed E-state index contributed by atoms with van der Waals surface area (Å²) in [6, 6.07) is 15.7. The second-order valence-corrected chi connectivity index (χ2v) is 10.9. The number of hydrogen-bond donors (Lipinski definition) is 1. The third kappa shape index (κ3) is 7.17. The van der Waals surface area contributed by atoms with Crippen molar-refractivity contribution >= 4 is 50.8 Å². The number of carbonyl (C=O) groups excluding carboxylic acids is 1. The molecule has 39 heavy (non-hydrogen) atoms. The van der Waals surface area contributed by atoms with Crippen LogP contribution in [0.2, 0.25) is 0 Å². The van der Waals surface area contributed by atoms with E-state index in [-0.39, 0.29) is 18.1 Å². The molecule has 1 N–H and O–H groups in total. The van der Waals surface area contributed by atoms with Crippen LogP contribution in [0.3, 0.4) is 0 Å². The number of amidine groups is 1. The SMILES string of the molecule is CC(=O)O.COc1ccc(-c2nn(-c3ccccc3)cc2C=C2SC(N3CC(C)OC(C)C3)=NC2=O)cc1Br. The standard InChI is InChI=1S/C26H25BrN4O3S.C2H4O2/c1-16-13-30(14-17(2)34-16)26-28-25(32)23(35-26)12-19-15-31(20-7-5-4-6-8-20)29-24(19)18-9-10-22(33-3)21(27)11-18;1-2(3)4/h4-12,15-17H,13-14H2,1-3H3;1H3,(H,3,4). The van der Waals surface area contributed by atoms with Gasteiger partial charge in [0.15, 0.2) is 5.17 Å². The molecule has 3 aromatic rings. The number of thioether (sulfide) groups is 1. The van der Waals surface area contributed by atoms with Crippen molar-refractivity contribution < 1.29 is 24.2 Å². The summed E-state index contributed by atoms with van der Waals surface area (Å²) in [6.45, 7) is 6.60. The highest BCUT2D eigenvalue weighted by Gasteiger charge is 2.31. The zero-order chi connectivity index (χ0) is 28.1. The first-order valence-corrected chi connectivity index (χ1v) is 13.9. The maximum Gasteiger partial charge on any atom is 0.300 e. The molecule has 1 aromatic heterocycles. The number of aliphatic imine (C=N–C) groups is 1. The molecule has 2 aliphatic rings. The zero-order valence-electron chi connectivity index (χ0n) is 22.0. The van der Waals surface area contributed by atoms with Gasteiger partial charge in [0.05, 0.1) is 34.4 Å². The van der Waals surface area contributed by atoms with E-state index in [1.807, 2.05) is 79.3 Å². The average molecular weight is 614 g/mol. The fraction of sp³-hybridized carbons (Fsp3) is 0.286. The van der Waals surface area contributed by atoms with Crippen molar-refractivity contribution in [1.29, 1.82) is 0 Å². The van der Waals surface area contributed by atoms with E-state index in [4.69, 9.17) is 24.5 Å². The second-order valence-electron chi connectivity index (χ2n) is 9.05. The molecular weight excluding hydrogens is 584 g/mol. The molecule has 0 aliphatic carbocycles. The molecule has 1 amide bonds. The highest BCUT2D eigenvalue weighted by molar-refractivity contribution is 9.10. The van der Waals surface area contributed by atoms with Gasteiger partial charge in [0.2, 0.25) is 0 Å². The number of rotatable bonds is 4. The second kappa shape index (κ2) is 12.6. The van der Waals surface area contributed by atoms with Gasteiger partial charge in [-0.25, -0.2) is 4.68 Å². The zero-order valence-corrected chi connectivity index (χ0v) is 24.4. The average Bonchev–Trinajstić information content (AvgIpc) is 3.47. The lowest BCUT2D eigenvalue weighted by Crippen LogP contribution is -2.47. The number of aromatic nitrogens is 2. The Hall–Kier alpha value is -3.41. The lowest BCUT2D eigenvalue weighted by Gasteiger charge is -2.35. The Morgan fingerprint density at radius 1 is 1.18 bits per heavy atom. The fourth-order valence-electron chi connectivity index (χ4n) is 4.25. The minimum Gasteiger partial charge on any atom is -0.496 e. The molecule has 11 heteroatoms. The van der Waals surface area contributed by atoms with Crippen molar-refractivity contribution in [2.45, 2.75) is 33.0 Å². The minimum atomic E-state index is -0.833. The summed E-state index contributed by atoms with van der Waals surface area (Å²) in [5, 5.41) is 13.0. The van der Waals surface area contributed by atoms with Crippen LogP contribution in [0.5, 0.6) is 5.75 Å². The van der Waals surface area contributed by atoms with Crippen LogP contribution < -0.4 is 4.74 Å². The van der Waals surface area contributed by atoms with Crippen LogP contribution in [0.15, 0.2) is 69.1 Å². The maximum atomic E-state index is 12.9. The van der Waals surface area contributed by atoms with E-state index < -0.39 is 5.97 Å². The molecule has 0 spiro atoms. The third-order valence-corrected chi connectivity index (χ3v) is 7.44. The number of ether oxygens (including phenoxy) is 2. The largest absolute Gasteiger partial charge is 0.496 e. The van der Waals surface area contributed by atoms with Crippen LogP contribution in [0.25, 0.3) is 23.0 Å². The highest BCUT2D eigenvalue weighted by Crippen LogP contribution is 2.36. The lowest BCUT2D eigenvalue weighted by molar-refractivity contribution is -0.134. The van der Waals surface area contributed by atoms with Gasteiger partial charge in [-0.1, -0.05) is 18.2 Å². The van der Waals surface area contributed by atoms with Crippen LogP contribution in [-0.4, -0.2) is 69.2 Å². The summed E-state index contributed by atoms with van der Waals surface area (Å²) in [5.41, 5.74) is 3.44. The number of carbonyl (C=O) groups is 2. The van der Waals surface area contributed by atoms with Gasteiger partial charge in [0.25, 0.3) is 11.9 Å². The predicted molar refractivity (Wildman–Crippen MR) is 156 cm³/mol. The molecule has 0 bridgehead atoms. The van der Waals surface area contributed by atoms with E-state index in [0.29, 0.717) is 18.0 Å². The quantitative estimate of drug-likeness (QED) is 0.386. The molecule has 1 fully saturated rings. The molecule has 204 valence electrons. The Morgan fingerprint density at radius 3 is 2.46 bits per heavy atom. The van der Waals surface area contributed by atoms with Crippen LogP contribution >= 0.6 is 27.7 Å². The summed E-state index contributed by atoms with van der Waals surface area (Å²) < 4.78 is 13.9. The molecule has 2 unspecified atom stereocenters. The van der Waals surface area contributed by atoms with E-state index >= 15 is 0 Å². The first-order valence-electron chi connectivity index (χ1n) is 12.3. The number of halogens is 1. The summed E-state index contributed by atoms with van der Waals surface area (Å²) in [5.74, 6) is -0.323. The number of para-hydroxylation sites is 1. The van der Waals surface area contributed by atoms with Gasteiger partial charge in [0.1, 0.15) is 11.4 Å². The van der Waals surface area contributed by atoms with Crippen LogP contribution in [0.4, 0.5) is 0 Å². The molecule has 2 aliphatic heterocycles. The van der Waals surface area contributed by atoms with Crippen LogP contribution in [0.1, 0.15) is 26.3 Å². The molecule has 2 aromatic carbocycles. The van der Waals surface area contributed by atoms with Gasteiger partial charge < -0.3 is 19.5 Å². The van der Waals surface area contributed by atoms with Gasteiger partial charge in [-0.05, 0) is 77.9 Å². The first-order chi connectivity index (χ1) is 18.6. The molecule has 1 saturated heterocycles. The van der Waals surface area contributed by atoms with Crippen molar-refractivity contribution in [3.8, 4) is 22.7 Å². The summed E-state index contributed by atoms with van der Waals surface area (Å²) in [4.78, 5) is 28.9. The summed E-state index contributed by atoms with van der Waals surface area (Å²) in [6.07, 6.45) is 4.01. The number of aliphatic carboxylic acids is 1. The number of carboxylic acids is 1. The Kier molecular flexibility index (Phi) is 9.26. The Labute approximate surface area is 239 Å². The Bertz CT molecular complexity index is 1410. The Balaban J connectivity index is 0.000000826. The minimum absolute atomic E-state index is 0.0920. The number of hydrogen-bond acceptors (Lipinski definition) is 7. The monoisotopic (exact) mass is 612 g/mol. The van der Waals surface area contributed by atoms with Crippen molar-refractivity contribution in [2.75, 3.05) is 20.2 Å². The fourth-order valence-corrected chi connectivity index (χ4v) is 5.72. The van der Waals surface area contributed by atoms with Crippen molar-refractivity contribution in [1.82, 2.24) is 14.7 Å². The van der Waals surface area contributed by atoms with Gasteiger partial charge in [0, 0.05) is 37.3 Å². The molecular formula is C28H29BrN4O5S. The predicted octanol–water partition coefficient (Wildman–Crippen LogP) is 5.48. The molecule has 0 radical (unpaired) electrons. The van der Waals surface area contributed by atoms with Crippen molar-refractivity contribution in [2.24, 2.45) is 4.99 Å². The van der Waals surface area contributed by atoms with Crippen molar-refractivity contribution in [3.63, 3.8) is 0 Å². The van der Waals surface area contributed by atoms with Crippen LogP contribution in [0, 0.1) is 0 Å². The topological polar surface area (TPSA) is 106 Å². The number of methoxy groups -OCH3 is 1. The normalized spacial score (nSPS) is 19.9. The van der Waals surface area contributed by atoms with Gasteiger partial charge in [-0.3, -0.25) is 9.59 Å². The van der Waals surface area contributed by atoms with E-state index in [1.165, 1.54) is 11.8 Å². The van der Waals surface area contributed by atoms with Crippen molar-refractivity contribution in [3.05, 3.63) is 69.7 Å². The van der Waals surface area contributed by atoms with E-state index in [9.17, 15) is 4.79 Å². The molecule has 0 saturated carbocycles. The first kappa shape index (κ1) is 28.6. The number of carboxylic acid groups (broad SMARTS) is 1. The summed E-state index contributed by atoms with van der Waals surface area (Å²) >= 11 is 4.98. The molecule has 5 rings (SSSR count). The Morgan fingerprint density at radius 2 is 1.85 bits per heavy atom. The molecule has 9 nitrogen and oxygen atoms in total. The number of nitrogens with zero attached hydrogens (tertiary/aromatic N) is 4. The van der Waals surface area contributed by atoms with Crippen LogP contribution in [-0.2, 0) is 14.3 Å². The summed E-state index contributed by atoms with van der Waals surface area (Å²) in [7, 11) is 1.64. The smallest absolute Gasteiger partial charge is 0.300 e. The van der Waals surface area contributed by atoms with Gasteiger partial charge in [-0.2, -0.15) is 10.1 Å². The number of amides is 1. The molecule has 2 atom stereocenters. The molecule has 3 heterocycles. The number of benzene rings is 2. The van der Waals surface area contributed by atoms with E-state index in [0.717, 1.165) is 44.8 Å².